The Hall–Kier alpha value is -2.38. The zero-order chi connectivity index (χ0) is 15.3. The molecule has 2 aromatic rings. The third-order valence-electron chi connectivity index (χ3n) is 2.45. The van der Waals surface area contributed by atoms with E-state index in [0.717, 1.165) is 12.4 Å². The molecule has 112 valence electrons. The van der Waals surface area contributed by atoms with Crippen molar-refractivity contribution in [3.05, 3.63) is 48.2 Å². The monoisotopic (exact) mass is 301 g/mol. The molecule has 21 heavy (non-hydrogen) atoms. The van der Waals surface area contributed by atoms with Crippen molar-refractivity contribution in [2.45, 2.75) is 6.18 Å². The molecule has 0 aliphatic rings. The van der Waals surface area contributed by atoms with Crippen LogP contribution in [0.1, 0.15) is 5.69 Å². The highest BCUT2D eigenvalue weighted by Crippen LogP contribution is 2.27. The third-order valence-corrected chi connectivity index (χ3v) is 2.45. The lowest BCUT2D eigenvalue weighted by Crippen LogP contribution is -2.14. The van der Waals surface area contributed by atoms with Crippen LogP contribution in [0.5, 0.6) is 5.75 Å². The molecule has 0 aliphatic heterocycles. The number of hydrogen-bond donors (Lipinski definition) is 1. The van der Waals surface area contributed by atoms with Crippen molar-refractivity contribution >= 4 is 5.82 Å². The normalized spacial score (nSPS) is 11.2. The average molecular weight is 301 g/mol. The fraction of sp³-hybridized carbons (Fsp3) is 0.231. The van der Waals surface area contributed by atoms with Crippen molar-refractivity contribution in [3.63, 3.8) is 0 Å². The van der Waals surface area contributed by atoms with Crippen molar-refractivity contribution in [2.24, 2.45) is 0 Å². The van der Waals surface area contributed by atoms with Crippen molar-refractivity contribution in [1.29, 1.82) is 0 Å². The maximum atomic E-state index is 12.7. The largest absolute Gasteiger partial charge is 0.492 e. The van der Waals surface area contributed by atoms with Gasteiger partial charge in [0, 0.05) is 6.07 Å². The highest BCUT2D eigenvalue weighted by Gasteiger charge is 2.32. The zero-order valence-corrected chi connectivity index (χ0v) is 10.7. The van der Waals surface area contributed by atoms with E-state index in [2.05, 4.69) is 15.3 Å². The first kappa shape index (κ1) is 15.0. The van der Waals surface area contributed by atoms with Crippen molar-refractivity contribution < 1.29 is 22.3 Å². The molecule has 0 atom stereocenters. The highest BCUT2D eigenvalue weighted by atomic mass is 19.4. The smallest absolute Gasteiger partial charge is 0.433 e. The molecule has 8 heteroatoms. The number of rotatable bonds is 5. The summed E-state index contributed by atoms with van der Waals surface area (Å²) in [5, 5.41) is 2.69. The van der Waals surface area contributed by atoms with Crippen LogP contribution in [0.2, 0.25) is 0 Å². The molecule has 0 unspecified atom stereocenters. The van der Waals surface area contributed by atoms with E-state index >= 15 is 0 Å². The van der Waals surface area contributed by atoms with Gasteiger partial charge in [0.15, 0.2) is 0 Å². The van der Waals surface area contributed by atoms with Gasteiger partial charge in [0.05, 0.1) is 6.54 Å². The highest BCUT2D eigenvalue weighted by molar-refractivity contribution is 5.35. The summed E-state index contributed by atoms with van der Waals surface area (Å²) in [4.78, 5) is 6.83. The first-order valence-corrected chi connectivity index (χ1v) is 5.96. The summed E-state index contributed by atoms with van der Waals surface area (Å²) in [5.41, 5.74) is -1.01. The van der Waals surface area contributed by atoms with E-state index in [9.17, 15) is 17.6 Å². The molecule has 0 fully saturated rings. The Labute approximate surface area is 117 Å². The Morgan fingerprint density at radius 2 is 1.81 bits per heavy atom. The van der Waals surface area contributed by atoms with Crippen LogP contribution in [0.4, 0.5) is 23.4 Å². The Balaban J connectivity index is 1.82. The van der Waals surface area contributed by atoms with Crippen LogP contribution in [-0.2, 0) is 6.18 Å². The molecule has 0 spiro atoms. The van der Waals surface area contributed by atoms with E-state index in [-0.39, 0.29) is 24.8 Å². The van der Waals surface area contributed by atoms with Gasteiger partial charge in [-0.15, -0.1) is 0 Å². The second-order valence-corrected chi connectivity index (χ2v) is 4.02. The van der Waals surface area contributed by atoms with Crippen LogP contribution in [-0.4, -0.2) is 23.1 Å². The standard InChI is InChI=1S/C13H11F4N3O/c14-9-1-3-10(4-2-9)21-6-5-18-12-7-11(13(15,16)17)19-8-20-12/h1-4,7-8H,5-6H2,(H,18,19,20). The van der Waals surface area contributed by atoms with Crippen LogP contribution in [0.15, 0.2) is 36.7 Å². The van der Waals surface area contributed by atoms with Gasteiger partial charge in [-0.2, -0.15) is 13.2 Å². The number of ether oxygens (including phenoxy) is 1. The summed E-state index contributed by atoms with van der Waals surface area (Å²) in [7, 11) is 0. The number of alkyl halides is 3. The number of anilines is 1. The molecule has 0 saturated carbocycles. The van der Waals surface area contributed by atoms with Gasteiger partial charge in [-0.05, 0) is 24.3 Å². The summed E-state index contributed by atoms with van der Waals surface area (Å²) >= 11 is 0. The molecular weight excluding hydrogens is 290 g/mol. The van der Waals surface area contributed by atoms with Gasteiger partial charge in [0.1, 0.15) is 36.0 Å². The number of halogens is 4. The molecule has 1 aromatic carbocycles. The van der Waals surface area contributed by atoms with E-state index < -0.39 is 11.9 Å². The lowest BCUT2D eigenvalue weighted by Gasteiger charge is -2.09. The molecule has 1 N–H and O–H groups in total. The van der Waals surface area contributed by atoms with E-state index in [4.69, 9.17) is 4.74 Å². The van der Waals surface area contributed by atoms with E-state index in [0.29, 0.717) is 5.75 Å². The summed E-state index contributed by atoms with van der Waals surface area (Å²) in [6.07, 6.45) is -3.67. The molecule has 0 bridgehead atoms. The van der Waals surface area contributed by atoms with E-state index in [1.165, 1.54) is 24.3 Å². The van der Waals surface area contributed by atoms with E-state index in [1.54, 1.807) is 0 Å². The molecule has 1 aromatic heterocycles. The van der Waals surface area contributed by atoms with Gasteiger partial charge in [-0.25, -0.2) is 14.4 Å². The van der Waals surface area contributed by atoms with Crippen LogP contribution in [0, 0.1) is 5.82 Å². The minimum atomic E-state index is -4.51. The van der Waals surface area contributed by atoms with Gasteiger partial charge >= 0.3 is 6.18 Å². The predicted octanol–water partition coefficient (Wildman–Crippen LogP) is 3.13. The number of hydrogen-bond acceptors (Lipinski definition) is 4. The molecule has 0 radical (unpaired) electrons. The summed E-state index contributed by atoms with van der Waals surface area (Å²) in [6.45, 7) is 0.433. The van der Waals surface area contributed by atoms with E-state index in [1.807, 2.05) is 0 Å². The number of nitrogens with one attached hydrogen (secondary N) is 1. The summed E-state index contributed by atoms with van der Waals surface area (Å²) < 4.78 is 55.3. The number of nitrogens with zero attached hydrogens (tertiary/aromatic N) is 2. The van der Waals surface area contributed by atoms with Crippen LogP contribution in [0.3, 0.4) is 0 Å². The van der Waals surface area contributed by atoms with Gasteiger partial charge in [-0.3, -0.25) is 0 Å². The molecule has 0 saturated heterocycles. The Bertz CT molecular complexity index is 587. The van der Waals surface area contributed by atoms with Gasteiger partial charge < -0.3 is 10.1 Å². The topological polar surface area (TPSA) is 47.0 Å². The summed E-state index contributed by atoms with van der Waals surface area (Å²) in [5.74, 6) is 0.151. The molecular formula is C13H11F4N3O. The minimum Gasteiger partial charge on any atom is -0.492 e. The SMILES string of the molecule is Fc1ccc(OCCNc2cc(C(F)(F)F)ncn2)cc1. The lowest BCUT2D eigenvalue weighted by molar-refractivity contribution is -0.141. The van der Waals surface area contributed by atoms with Gasteiger partial charge in [-0.1, -0.05) is 0 Å². The third kappa shape index (κ3) is 4.59. The first-order chi connectivity index (χ1) is 9.95. The van der Waals surface area contributed by atoms with Crippen molar-refractivity contribution in [3.8, 4) is 5.75 Å². The molecule has 0 amide bonds. The predicted molar refractivity (Wildman–Crippen MR) is 67.4 cm³/mol. The Morgan fingerprint density at radius 3 is 2.48 bits per heavy atom. The lowest BCUT2D eigenvalue weighted by atomic mass is 10.3. The maximum Gasteiger partial charge on any atom is 0.433 e. The minimum absolute atomic E-state index is 0.0556. The Kier molecular flexibility index (Phi) is 4.56. The Morgan fingerprint density at radius 1 is 1.10 bits per heavy atom. The fourth-order valence-corrected chi connectivity index (χ4v) is 1.49. The first-order valence-electron chi connectivity index (χ1n) is 5.96. The van der Waals surface area contributed by atoms with Crippen LogP contribution < -0.4 is 10.1 Å². The second-order valence-electron chi connectivity index (χ2n) is 4.02. The van der Waals surface area contributed by atoms with Crippen molar-refractivity contribution in [1.82, 2.24) is 9.97 Å². The fourth-order valence-electron chi connectivity index (χ4n) is 1.49. The molecule has 4 nitrogen and oxygen atoms in total. The molecule has 1 heterocycles. The quantitative estimate of drug-likeness (QED) is 0.681. The number of benzene rings is 1. The van der Waals surface area contributed by atoms with Crippen molar-refractivity contribution in [2.75, 3.05) is 18.5 Å². The van der Waals surface area contributed by atoms with Gasteiger partial charge in [0.25, 0.3) is 0 Å². The zero-order valence-electron chi connectivity index (χ0n) is 10.7. The second kappa shape index (κ2) is 6.38. The van der Waals surface area contributed by atoms with Gasteiger partial charge in [0.2, 0.25) is 0 Å². The average Bonchev–Trinajstić information content (AvgIpc) is 2.45. The number of aromatic nitrogens is 2. The maximum absolute atomic E-state index is 12.7. The van der Waals surface area contributed by atoms with Crippen LogP contribution >= 0.6 is 0 Å². The molecule has 0 aliphatic carbocycles. The molecule has 2 rings (SSSR count). The summed E-state index contributed by atoms with van der Waals surface area (Å²) in [6, 6.07) is 6.24. The van der Waals surface area contributed by atoms with Crippen LogP contribution in [0.25, 0.3) is 0 Å².